The molecule has 8 heteroatoms. The Balaban J connectivity index is 2.33. The van der Waals surface area contributed by atoms with Crippen LogP contribution in [0.3, 0.4) is 0 Å². The van der Waals surface area contributed by atoms with E-state index in [9.17, 15) is 14.4 Å². The average Bonchev–Trinajstić information content (AvgIpc) is 2.79. The van der Waals surface area contributed by atoms with E-state index in [1.165, 1.54) is 0 Å². The van der Waals surface area contributed by atoms with Gasteiger partial charge in [-0.3, -0.25) is 9.59 Å². The van der Waals surface area contributed by atoms with Crippen LogP contribution in [0.4, 0.5) is 4.79 Å². The quantitative estimate of drug-likeness (QED) is 0.588. The van der Waals surface area contributed by atoms with Crippen molar-refractivity contribution in [1.29, 1.82) is 0 Å². The Kier molecular flexibility index (Phi) is 6.07. The van der Waals surface area contributed by atoms with Gasteiger partial charge in [-0.05, 0) is 19.3 Å². The maximum Gasteiger partial charge on any atom is 0.323 e. The number of carboxylic acids is 2. The highest BCUT2D eigenvalue weighted by Crippen LogP contribution is 2.14. The van der Waals surface area contributed by atoms with Crippen molar-refractivity contribution in [2.75, 3.05) is 26.2 Å². The number of nitrogens with one attached hydrogen (secondary N) is 1. The van der Waals surface area contributed by atoms with Crippen LogP contribution in [0, 0.1) is 0 Å². The Morgan fingerprint density at radius 2 is 1.84 bits per heavy atom. The van der Waals surface area contributed by atoms with E-state index in [0.29, 0.717) is 13.0 Å². The van der Waals surface area contributed by atoms with E-state index >= 15 is 0 Å². The van der Waals surface area contributed by atoms with Crippen molar-refractivity contribution < 1.29 is 29.3 Å². The fourth-order valence-electron chi connectivity index (χ4n) is 1.85. The van der Waals surface area contributed by atoms with Gasteiger partial charge in [-0.25, -0.2) is 4.79 Å². The number of ether oxygens (including phenoxy) is 1. The first-order valence-corrected chi connectivity index (χ1v) is 6.07. The molecule has 0 bridgehead atoms. The van der Waals surface area contributed by atoms with Crippen LogP contribution in [0.15, 0.2) is 0 Å². The Hall–Kier alpha value is -1.83. The molecule has 108 valence electrons. The first-order valence-electron chi connectivity index (χ1n) is 6.07. The number of carbonyl (C=O) groups is 3. The lowest BCUT2D eigenvalue weighted by Gasteiger charge is -2.19. The van der Waals surface area contributed by atoms with Crippen LogP contribution in [0.5, 0.6) is 0 Å². The van der Waals surface area contributed by atoms with Crippen LogP contribution in [0.2, 0.25) is 0 Å². The normalized spacial score (nSPS) is 18.0. The predicted molar refractivity (Wildman–Crippen MR) is 63.8 cm³/mol. The number of urea groups is 1. The maximum absolute atomic E-state index is 11.6. The van der Waals surface area contributed by atoms with Crippen LogP contribution >= 0.6 is 0 Å². The van der Waals surface area contributed by atoms with Crippen molar-refractivity contribution >= 4 is 18.0 Å². The molecule has 1 aliphatic rings. The average molecular weight is 274 g/mol. The number of rotatable bonds is 7. The largest absolute Gasteiger partial charge is 0.480 e. The third-order valence-electron chi connectivity index (χ3n) is 2.71. The third kappa shape index (κ3) is 6.05. The fourth-order valence-corrected chi connectivity index (χ4v) is 1.85. The van der Waals surface area contributed by atoms with Crippen molar-refractivity contribution in [3.05, 3.63) is 0 Å². The molecule has 1 unspecified atom stereocenters. The smallest absolute Gasteiger partial charge is 0.323 e. The Morgan fingerprint density at radius 3 is 2.32 bits per heavy atom. The van der Waals surface area contributed by atoms with Crippen LogP contribution in [-0.4, -0.2) is 65.4 Å². The molecule has 1 fully saturated rings. The van der Waals surface area contributed by atoms with Crippen LogP contribution < -0.4 is 5.32 Å². The minimum Gasteiger partial charge on any atom is -0.480 e. The van der Waals surface area contributed by atoms with E-state index in [1.54, 1.807) is 0 Å². The molecule has 1 saturated heterocycles. The summed E-state index contributed by atoms with van der Waals surface area (Å²) in [5, 5.41) is 19.7. The van der Waals surface area contributed by atoms with Gasteiger partial charge in [0.1, 0.15) is 13.1 Å². The lowest BCUT2D eigenvalue weighted by molar-refractivity contribution is -0.140. The van der Waals surface area contributed by atoms with Crippen molar-refractivity contribution in [2.45, 2.75) is 25.4 Å². The van der Waals surface area contributed by atoms with E-state index in [1.807, 2.05) is 0 Å². The maximum atomic E-state index is 11.6. The number of carbonyl (C=O) groups excluding carboxylic acids is 1. The standard InChI is InChI=1S/C11H18N2O6/c14-9(15)6-13(7-10(16)17)11(18)12-4-3-8-2-1-5-19-8/h8H,1-7H2,(H,12,18)(H,14,15)(H,16,17). The summed E-state index contributed by atoms with van der Waals surface area (Å²) in [6.07, 6.45) is 2.71. The van der Waals surface area contributed by atoms with Crippen molar-refractivity contribution in [3.8, 4) is 0 Å². The molecule has 0 aliphatic carbocycles. The highest BCUT2D eigenvalue weighted by Gasteiger charge is 2.20. The second-order valence-electron chi connectivity index (χ2n) is 4.30. The summed E-state index contributed by atoms with van der Waals surface area (Å²) in [4.78, 5) is 33.5. The number of hydrogen-bond acceptors (Lipinski definition) is 4. The Labute approximate surface area is 110 Å². The molecule has 2 amide bonds. The SMILES string of the molecule is O=C(O)CN(CC(=O)O)C(=O)NCCC1CCCO1. The van der Waals surface area contributed by atoms with Gasteiger partial charge < -0.3 is 25.2 Å². The Morgan fingerprint density at radius 1 is 1.21 bits per heavy atom. The van der Waals surface area contributed by atoms with Gasteiger partial charge in [0.25, 0.3) is 0 Å². The molecule has 1 rings (SSSR count). The summed E-state index contributed by atoms with van der Waals surface area (Å²) in [5.74, 6) is -2.51. The molecule has 19 heavy (non-hydrogen) atoms. The zero-order chi connectivity index (χ0) is 14.3. The molecule has 0 aromatic carbocycles. The second kappa shape index (κ2) is 7.57. The topological polar surface area (TPSA) is 116 Å². The van der Waals surface area contributed by atoms with E-state index < -0.39 is 31.1 Å². The summed E-state index contributed by atoms with van der Waals surface area (Å²) in [6, 6.07) is -0.692. The molecule has 8 nitrogen and oxygen atoms in total. The van der Waals surface area contributed by atoms with Gasteiger partial charge in [-0.2, -0.15) is 0 Å². The van der Waals surface area contributed by atoms with Gasteiger partial charge in [-0.15, -0.1) is 0 Å². The number of hydrogen-bond donors (Lipinski definition) is 3. The molecule has 1 atom stereocenters. The lowest BCUT2D eigenvalue weighted by atomic mass is 10.2. The highest BCUT2D eigenvalue weighted by atomic mass is 16.5. The molecular formula is C11H18N2O6. The van der Waals surface area contributed by atoms with Gasteiger partial charge >= 0.3 is 18.0 Å². The highest BCUT2D eigenvalue weighted by molar-refractivity contribution is 5.84. The molecule has 0 radical (unpaired) electrons. The summed E-state index contributed by atoms with van der Waals surface area (Å²) in [7, 11) is 0. The molecule has 0 aromatic rings. The zero-order valence-corrected chi connectivity index (χ0v) is 10.5. The lowest BCUT2D eigenvalue weighted by Crippen LogP contribution is -2.45. The van der Waals surface area contributed by atoms with Gasteiger partial charge in [0.2, 0.25) is 0 Å². The first kappa shape index (κ1) is 15.2. The van der Waals surface area contributed by atoms with Gasteiger partial charge in [0.05, 0.1) is 6.10 Å². The molecule has 1 aliphatic heterocycles. The predicted octanol–water partition coefficient (Wildman–Crippen LogP) is -0.264. The second-order valence-corrected chi connectivity index (χ2v) is 4.30. The van der Waals surface area contributed by atoms with E-state index in [2.05, 4.69) is 5.32 Å². The molecule has 0 saturated carbocycles. The molecular weight excluding hydrogens is 256 g/mol. The van der Waals surface area contributed by atoms with Crippen molar-refractivity contribution in [3.63, 3.8) is 0 Å². The van der Waals surface area contributed by atoms with Crippen LogP contribution in [0.25, 0.3) is 0 Å². The number of carboxylic acid groups (broad SMARTS) is 2. The summed E-state index contributed by atoms with van der Waals surface area (Å²) >= 11 is 0. The minimum absolute atomic E-state index is 0.118. The van der Waals surface area contributed by atoms with Crippen molar-refractivity contribution in [2.24, 2.45) is 0 Å². The monoisotopic (exact) mass is 274 g/mol. The van der Waals surface area contributed by atoms with Gasteiger partial charge in [0, 0.05) is 13.2 Å². The molecule has 3 N–H and O–H groups in total. The first-order chi connectivity index (χ1) is 8.99. The summed E-state index contributed by atoms with van der Waals surface area (Å²) in [6.45, 7) is -0.224. The zero-order valence-electron chi connectivity index (χ0n) is 10.5. The third-order valence-corrected chi connectivity index (χ3v) is 2.71. The Bertz CT molecular complexity index is 324. The van der Waals surface area contributed by atoms with Crippen LogP contribution in [-0.2, 0) is 14.3 Å². The number of nitrogens with zero attached hydrogens (tertiary/aromatic N) is 1. The van der Waals surface area contributed by atoms with E-state index in [4.69, 9.17) is 14.9 Å². The number of amides is 2. The number of aliphatic carboxylic acids is 2. The summed E-state index contributed by atoms with van der Waals surface area (Å²) in [5.41, 5.74) is 0. The van der Waals surface area contributed by atoms with Crippen molar-refractivity contribution in [1.82, 2.24) is 10.2 Å². The van der Waals surface area contributed by atoms with Gasteiger partial charge in [-0.1, -0.05) is 0 Å². The fraction of sp³-hybridized carbons (Fsp3) is 0.727. The molecule has 0 aromatic heterocycles. The minimum atomic E-state index is -1.25. The molecule has 1 heterocycles. The van der Waals surface area contributed by atoms with E-state index in [0.717, 1.165) is 24.3 Å². The van der Waals surface area contributed by atoms with E-state index in [-0.39, 0.29) is 6.10 Å². The molecule has 0 spiro atoms. The van der Waals surface area contributed by atoms with Gasteiger partial charge in [0.15, 0.2) is 0 Å². The summed E-state index contributed by atoms with van der Waals surface area (Å²) < 4.78 is 5.37. The van der Waals surface area contributed by atoms with Crippen LogP contribution in [0.1, 0.15) is 19.3 Å².